The predicted molar refractivity (Wildman–Crippen MR) is 224 cm³/mol. The van der Waals surface area contributed by atoms with Crippen LogP contribution in [-0.2, 0) is 9.59 Å². The molecule has 316 valence electrons. The normalized spacial score (nSPS) is 11.2. The van der Waals surface area contributed by atoms with Gasteiger partial charge in [0.1, 0.15) is 17.4 Å². The number of halogens is 1. The number of anilines is 4. The Morgan fingerprint density at radius 3 is 1.68 bits per heavy atom. The Labute approximate surface area is 352 Å². The molecule has 17 nitrogen and oxygen atoms in total. The van der Waals surface area contributed by atoms with Crippen molar-refractivity contribution in [3.63, 3.8) is 0 Å². The average Bonchev–Trinajstić information content (AvgIpc) is 3.24. The van der Waals surface area contributed by atoms with Gasteiger partial charge in [-0.05, 0) is 103 Å². The van der Waals surface area contributed by atoms with Crippen LogP contribution in [0.2, 0.25) is 0 Å². The van der Waals surface area contributed by atoms with E-state index in [9.17, 15) is 53.7 Å². The summed E-state index contributed by atoms with van der Waals surface area (Å²) in [4.78, 5) is 76.4. The molecule has 0 spiro atoms. The minimum Gasteiger partial charge on any atom is -0.504 e. The van der Waals surface area contributed by atoms with Crippen LogP contribution in [0.15, 0.2) is 103 Å². The summed E-state index contributed by atoms with van der Waals surface area (Å²) in [6.45, 7) is 1.70. The van der Waals surface area contributed by atoms with Crippen molar-refractivity contribution in [2.45, 2.75) is 19.4 Å². The van der Waals surface area contributed by atoms with E-state index in [1.807, 2.05) is 6.07 Å². The molecule has 0 aromatic heterocycles. The largest absolute Gasteiger partial charge is 0.504 e. The van der Waals surface area contributed by atoms with Gasteiger partial charge in [-0.1, -0.05) is 12.1 Å². The summed E-state index contributed by atoms with van der Waals surface area (Å²) < 4.78 is 23.6. The van der Waals surface area contributed by atoms with Crippen LogP contribution >= 0.6 is 0 Å². The standard InChI is InChI=1S/C44H37FN6O11/c1-23(24-4-10-27(45)11-5-24)22-35(52)47-28-12-6-26(7-13-28)41(56)51-34(20-21-46)43(58)48-29-14-8-25(9-15-29)40(55)49-32-18-16-30(36(53)38(32)61-2)42(57)50-33-19-17-31(44(59)60)37(54)39(33)62-3/h4-19,22,34,53-54H,20H2,1-3H3,(H,47,52)(H,48,58)(H,49,55)(H,50,57)(H,51,56)(H,59,60). The number of aromatic carboxylic acids is 1. The number of amides is 5. The number of methoxy groups -OCH3 is 2. The number of carboxylic acid groups (broad SMARTS) is 1. The second kappa shape index (κ2) is 19.8. The van der Waals surface area contributed by atoms with Gasteiger partial charge in [0.05, 0.1) is 43.6 Å². The Morgan fingerprint density at radius 1 is 0.661 bits per heavy atom. The monoisotopic (exact) mass is 844 g/mol. The molecule has 1 unspecified atom stereocenters. The lowest BCUT2D eigenvalue weighted by Gasteiger charge is -2.17. The SMILES string of the molecule is COc1c(NC(=O)c2ccc(NC(=O)c3ccc(NC(=O)C(CC#N)NC(=O)c4ccc(NC(=O)C=C(C)c5ccc(F)cc5)cc4)cc3)c(OC)c2O)ccc(C(=O)O)c1O. The zero-order chi connectivity index (χ0) is 45.1. The molecule has 0 saturated carbocycles. The Morgan fingerprint density at radius 2 is 1.15 bits per heavy atom. The van der Waals surface area contributed by atoms with E-state index < -0.39 is 64.4 Å². The number of nitrogens with zero attached hydrogens (tertiary/aromatic N) is 1. The van der Waals surface area contributed by atoms with Gasteiger partial charge in [-0.25, -0.2) is 9.18 Å². The van der Waals surface area contributed by atoms with Gasteiger partial charge in [-0.2, -0.15) is 5.26 Å². The molecule has 5 amide bonds. The second-order valence-electron chi connectivity index (χ2n) is 13.2. The predicted octanol–water partition coefficient (Wildman–Crippen LogP) is 6.15. The number of carboxylic acids is 1. The maximum absolute atomic E-state index is 13.2. The molecule has 0 radical (unpaired) electrons. The minimum atomic E-state index is -1.43. The van der Waals surface area contributed by atoms with Crippen molar-refractivity contribution in [3.8, 4) is 29.1 Å². The zero-order valence-electron chi connectivity index (χ0n) is 33.0. The van der Waals surface area contributed by atoms with Gasteiger partial charge in [0.25, 0.3) is 17.7 Å². The summed E-state index contributed by atoms with van der Waals surface area (Å²) in [7, 11) is 2.35. The van der Waals surface area contributed by atoms with Crippen LogP contribution in [0.4, 0.5) is 27.1 Å². The topological polar surface area (TPSA) is 266 Å². The molecule has 18 heteroatoms. The summed E-state index contributed by atoms with van der Waals surface area (Å²) >= 11 is 0. The molecular weight excluding hydrogens is 808 g/mol. The Hall–Kier alpha value is -8.72. The number of carbonyl (C=O) groups is 6. The third-order valence-corrected chi connectivity index (χ3v) is 9.04. The number of benzene rings is 5. The van der Waals surface area contributed by atoms with Crippen LogP contribution in [0.1, 0.15) is 60.3 Å². The number of hydrogen-bond donors (Lipinski definition) is 8. The number of phenolic OH excluding ortho intramolecular Hbond substituents is 1. The van der Waals surface area contributed by atoms with Crippen LogP contribution in [0, 0.1) is 17.1 Å². The first-order valence-electron chi connectivity index (χ1n) is 18.2. The summed E-state index contributed by atoms with van der Waals surface area (Å²) in [5.41, 5.74) is 1.21. The molecular formula is C44H37FN6O11. The quantitative estimate of drug-likeness (QED) is 0.0552. The first kappa shape index (κ1) is 44.4. The molecule has 62 heavy (non-hydrogen) atoms. The van der Waals surface area contributed by atoms with Crippen LogP contribution in [-0.4, -0.2) is 71.1 Å². The van der Waals surface area contributed by atoms with Crippen molar-refractivity contribution in [1.82, 2.24) is 5.32 Å². The number of allylic oxidation sites excluding steroid dienone is 1. The average molecular weight is 845 g/mol. The smallest absolute Gasteiger partial charge is 0.339 e. The van der Waals surface area contributed by atoms with Crippen molar-refractivity contribution in [2.75, 3.05) is 35.5 Å². The van der Waals surface area contributed by atoms with Gasteiger partial charge < -0.3 is 51.4 Å². The highest BCUT2D eigenvalue weighted by atomic mass is 19.1. The van der Waals surface area contributed by atoms with Gasteiger partial charge in [0.2, 0.25) is 11.8 Å². The van der Waals surface area contributed by atoms with Crippen LogP contribution in [0.25, 0.3) is 5.57 Å². The van der Waals surface area contributed by atoms with Crippen LogP contribution < -0.4 is 36.1 Å². The first-order valence-corrected chi connectivity index (χ1v) is 18.2. The lowest BCUT2D eigenvalue weighted by atomic mass is 10.1. The van der Waals surface area contributed by atoms with E-state index in [1.165, 1.54) is 92.0 Å². The third kappa shape index (κ3) is 10.7. The maximum atomic E-state index is 13.2. The molecule has 0 aliphatic rings. The minimum absolute atomic E-state index is 0.0230. The van der Waals surface area contributed by atoms with Crippen molar-refractivity contribution in [2.24, 2.45) is 0 Å². The third-order valence-electron chi connectivity index (χ3n) is 9.04. The molecule has 5 aromatic rings. The number of aromatic hydroxyl groups is 2. The Kier molecular flexibility index (Phi) is 14.2. The number of phenols is 2. The molecule has 5 aromatic carbocycles. The molecule has 0 aliphatic carbocycles. The molecule has 0 fully saturated rings. The maximum Gasteiger partial charge on any atom is 0.339 e. The van der Waals surface area contributed by atoms with Crippen LogP contribution in [0.5, 0.6) is 23.0 Å². The van der Waals surface area contributed by atoms with E-state index in [2.05, 4.69) is 26.6 Å². The summed E-state index contributed by atoms with van der Waals surface area (Å²) in [6, 6.07) is 22.3. The fourth-order valence-electron chi connectivity index (χ4n) is 5.84. The summed E-state index contributed by atoms with van der Waals surface area (Å²) in [5.74, 6) is -7.22. The van der Waals surface area contributed by atoms with Gasteiger partial charge in [0, 0.05) is 28.6 Å². The van der Waals surface area contributed by atoms with E-state index in [-0.39, 0.29) is 51.7 Å². The number of rotatable bonds is 15. The molecule has 0 heterocycles. The highest BCUT2D eigenvalue weighted by Crippen LogP contribution is 2.40. The highest BCUT2D eigenvalue weighted by Gasteiger charge is 2.25. The number of hydrogen-bond acceptors (Lipinski definition) is 11. The van der Waals surface area contributed by atoms with Crippen molar-refractivity contribution < 1.29 is 58.0 Å². The van der Waals surface area contributed by atoms with E-state index in [4.69, 9.17) is 9.47 Å². The fraction of sp³-hybridized carbons (Fsp3) is 0.114. The number of carbonyl (C=O) groups excluding carboxylic acids is 5. The van der Waals surface area contributed by atoms with Gasteiger partial charge >= 0.3 is 5.97 Å². The number of ether oxygens (including phenoxy) is 2. The highest BCUT2D eigenvalue weighted by molar-refractivity contribution is 6.10. The van der Waals surface area contributed by atoms with E-state index in [0.29, 0.717) is 16.8 Å². The van der Waals surface area contributed by atoms with Crippen molar-refractivity contribution >= 4 is 63.8 Å². The lowest BCUT2D eigenvalue weighted by molar-refractivity contribution is -0.118. The molecule has 8 N–H and O–H groups in total. The van der Waals surface area contributed by atoms with E-state index in [1.54, 1.807) is 19.1 Å². The summed E-state index contributed by atoms with van der Waals surface area (Å²) in [6.07, 6.45) is 0.972. The summed E-state index contributed by atoms with van der Waals surface area (Å²) in [5, 5.41) is 52.6. The molecule has 5 rings (SSSR count). The van der Waals surface area contributed by atoms with Crippen LogP contribution in [0.3, 0.4) is 0 Å². The first-order chi connectivity index (χ1) is 29.6. The molecule has 0 aliphatic heterocycles. The number of nitriles is 1. The van der Waals surface area contributed by atoms with Gasteiger partial charge in [-0.3, -0.25) is 24.0 Å². The molecule has 0 bridgehead atoms. The Balaban J connectivity index is 1.18. The molecule has 1 atom stereocenters. The fourth-order valence-corrected chi connectivity index (χ4v) is 5.84. The van der Waals surface area contributed by atoms with Crippen molar-refractivity contribution in [3.05, 3.63) is 137 Å². The van der Waals surface area contributed by atoms with E-state index >= 15 is 0 Å². The van der Waals surface area contributed by atoms with E-state index in [0.717, 1.165) is 13.2 Å². The van der Waals surface area contributed by atoms with Gasteiger partial charge in [-0.15, -0.1) is 0 Å². The van der Waals surface area contributed by atoms with Crippen molar-refractivity contribution in [1.29, 1.82) is 5.26 Å². The molecule has 0 saturated heterocycles. The Bertz CT molecular complexity index is 2620. The second-order valence-corrected chi connectivity index (χ2v) is 13.2. The van der Waals surface area contributed by atoms with Gasteiger partial charge in [0.15, 0.2) is 23.0 Å². The zero-order valence-corrected chi connectivity index (χ0v) is 33.0. The lowest BCUT2D eigenvalue weighted by Crippen LogP contribution is -2.43. The number of nitrogens with one attached hydrogen (secondary N) is 5.